The molecule has 1 aromatic heterocycles. The third-order valence-electron chi connectivity index (χ3n) is 5.61. The average Bonchev–Trinajstić information content (AvgIpc) is 2.87. The van der Waals surface area contributed by atoms with E-state index in [1.807, 2.05) is 43.3 Å². The van der Waals surface area contributed by atoms with Gasteiger partial charge in [0.25, 0.3) is 0 Å². The molecule has 37 heavy (non-hydrogen) atoms. The summed E-state index contributed by atoms with van der Waals surface area (Å²) in [6.07, 6.45) is 2.00. The van der Waals surface area contributed by atoms with Gasteiger partial charge in [-0.05, 0) is 54.5 Å². The number of aromatic nitrogens is 1. The number of allylic oxidation sites excluding steroid dienone is 3. The van der Waals surface area contributed by atoms with Crippen LogP contribution in [0.15, 0.2) is 97.6 Å². The SMILES string of the molecule is C=CC.CC(C)/C=C/C(C)C(C)C.NC(c1ccccc1)c1cccc(-c2ccc(C(F)(F)F)cc2)n1. The predicted octanol–water partition coefficient (Wildman–Crippen LogP) is 9.50. The average molecular weight is 511 g/mol. The summed E-state index contributed by atoms with van der Waals surface area (Å²) >= 11 is 0. The molecule has 0 aliphatic rings. The second-order valence-corrected chi connectivity index (χ2v) is 9.55. The third-order valence-corrected chi connectivity index (χ3v) is 5.61. The molecular formula is C32H41F3N2. The van der Waals surface area contributed by atoms with E-state index < -0.39 is 11.7 Å². The van der Waals surface area contributed by atoms with Gasteiger partial charge in [-0.3, -0.25) is 4.98 Å². The zero-order valence-electron chi connectivity index (χ0n) is 22.8. The first-order valence-electron chi connectivity index (χ1n) is 12.6. The van der Waals surface area contributed by atoms with Crippen LogP contribution >= 0.6 is 0 Å². The van der Waals surface area contributed by atoms with Gasteiger partial charge in [-0.15, -0.1) is 6.58 Å². The van der Waals surface area contributed by atoms with Gasteiger partial charge in [0.05, 0.1) is 23.0 Å². The van der Waals surface area contributed by atoms with Crippen LogP contribution in [-0.4, -0.2) is 4.98 Å². The van der Waals surface area contributed by atoms with Crippen LogP contribution in [0, 0.1) is 17.8 Å². The van der Waals surface area contributed by atoms with E-state index in [2.05, 4.69) is 58.3 Å². The first kappa shape index (κ1) is 31.8. The van der Waals surface area contributed by atoms with Crippen molar-refractivity contribution in [1.82, 2.24) is 4.98 Å². The second-order valence-electron chi connectivity index (χ2n) is 9.55. The summed E-state index contributed by atoms with van der Waals surface area (Å²) in [6, 6.07) is 19.5. The number of halogens is 3. The molecule has 0 saturated heterocycles. The van der Waals surface area contributed by atoms with Crippen LogP contribution in [0.1, 0.15) is 64.4 Å². The van der Waals surface area contributed by atoms with E-state index in [0.717, 1.165) is 29.5 Å². The van der Waals surface area contributed by atoms with Crippen molar-refractivity contribution >= 4 is 0 Å². The van der Waals surface area contributed by atoms with Gasteiger partial charge in [0.1, 0.15) is 0 Å². The van der Waals surface area contributed by atoms with Crippen molar-refractivity contribution in [3.05, 3.63) is 114 Å². The van der Waals surface area contributed by atoms with Crippen LogP contribution in [0.3, 0.4) is 0 Å². The van der Waals surface area contributed by atoms with E-state index in [1.165, 1.54) is 12.1 Å². The zero-order valence-corrected chi connectivity index (χ0v) is 22.8. The van der Waals surface area contributed by atoms with Gasteiger partial charge < -0.3 is 5.73 Å². The van der Waals surface area contributed by atoms with Crippen LogP contribution < -0.4 is 5.73 Å². The predicted molar refractivity (Wildman–Crippen MR) is 151 cm³/mol. The molecule has 2 unspecified atom stereocenters. The summed E-state index contributed by atoms with van der Waals surface area (Å²) in [6.45, 7) is 16.5. The number of nitrogens with zero attached hydrogens (tertiary/aromatic N) is 1. The number of pyridine rings is 1. The highest BCUT2D eigenvalue weighted by atomic mass is 19.4. The summed E-state index contributed by atoms with van der Waals surface area (Å²) in [5, 5.41) is 0. The number of benzene rings is 2. The Balaban J connectivity index is 0.000000443. The van der Waals surface area contributed by atoms with E-state index in [-0.39, 0.29) is 6.04 Å². The van der Waals surface area contributed by atoms with E-state index in [9.17, 15) is 13.2 Å². The summed E-state index contributed by atoms with van der Waals surface area (Å²) in [5.74, 6) is 2.19. The lowest BCUT2D eigenvalue weighted by Crippen LogP contribution is -2.13. The highest BCUT2D eigenvalue weighted by molar-refractivity contribution is 5.60. The third kappa shape index (κ3) is 11.6. The lowest BCUT2D eigenvalue weighted by atomic mass is 9.96. The van der Waals surface area contributed by atoms with Gasteiger partial charge in [0, 0.05) is 5.56 Å². The molecule has 2 N–H and O–H groups in total. The van der Waals surface area contributed by atoms with Gasteiger partial charge >= 0.3 is 6.18 Å². The molecule has 3 rings (SSSR count). The molecule has 0 aliphatic heterocycles. The molecule has 0 radical (unpaired) electrons. The standard InChI is InChI=1S/C19H15F3N2.C10H20.C3H6/c20-19(21,22)15-11-9-13(10-12-15)16-7-4-8-17(24-16)18(23)14-5-2-1-3-6-14;1-8(2)6-7-10(5)9(3)4;1-3-2/h1-12,18H,23H2;6-10H,1-5H3;3H,1H2,2H3/b;7-6+;. The van der Waals surface area contributed by atoms with E-state index in [4.69, 9.17) is 5.73 Å². The summed E-state index contributed by atoms with van der Waals surface area (Å²) < 4.78 is 37.9. The molecule has 0 amide bonds. The lowest BCUT2D eigenvalue weighted by Gasteiger charge is -2.13. The maximum Gasteiger partial charge on any atom is 0.416 e. The maximum absolute atomic E-state index is 12.6. The van der Waals surface area contributed by atoms with Crippen LogP contribution in [0.5, 0.6) is 0 Å². The zero-order chi connectivity index (χ0) is 28.0. The number of alkyl halides is 3. The van der Waals surface area contributed by atoms with Crippen LogP contribution in [0.2, 0.25) is 0 Å². The fourth-order valence-corrected chi connectivity index (χ4v) is 3.07. The fraction of sp³-hybridized carbons (Fsp3) is 0.344. The fourth-order valence-electron chi connectivity index (χ4n) is 3.07. The summed E-state index contributed by atoms with van der Waals surface area (Å²) in [5.41, 5.74) is 8.35. The maximum atomic E-state index is 12.6. The number of nitrogens with two attached hydrogens (primary N) is 1. The van der Waals surface area contributed by atoms with Crippen molar-refractivity contribution in [2.45, 2.75) is 53.8 Å². The Morgan fingerprint density at radius 1 is 0.811 bits per heavy atom. The van der Waals surface area contributed by atoms with Crippen LogP contribution in [0.25, 0.3) is 11.3 Å². The van der Waals surface area contributed by atoms with E-state index in [0.29, 0.717) is 22.9 Å². The molecule has 1 heterocycles. The van der Waals surface area contributed by atoms with Crippen LogP contribution in [-0.2, 0) is 6.18 Å². The number of hydrogen-bond donors (Lipinski definition) is 1. The van der Waals surface area contributed by atoms with E-state index >= 15 is 0 Å². The van der Waals surface area contributed by atoms with Gasteiger partial charge in [0.2, 0.25) is 0 Å². The topological polar surface area (TPSA) is 38.9 Å². The quantitative estimate of drug-likeness (QED) is 0.335. The molecule has 5 heteroatoms. The van der Waals surface area contributed by atoms with Crippen LogP contribution in [0.4, 0.5) is 13.2 Å². The highest BCUT2D eigenvalue weighted by Gasteiger charge is 2.30. The first-order valence-corrected chi connectivity index (χ1v) is 12.6. The Morgan fingerprint density at radius 3 is 1.86 bits per heavy atom. The molecule has 0 aliphatic carbocycles. The number of rotatable bonds is 6. The molecular weight excluding hydrogens is 469 g/mol. The Morgan fingerprint density at radius 2 is 1.38 bits per heavy atom. The molecule has 200 valence electrons. The lowest BCUT2D eigenvalue weighted by molar-refractivity contribution is -0.137. The second kappa shape index (κ2) is 15.8. The molecule has 0 saturated carbocycles. The highest BCUT2D eigenvalue weighted by Crippen LogP contribution is 2.31. The van der Waals surface area contributed by atoms with Gasteiger partial charge in [-0.2, -0.15) is 13.2 Å². The van der Waals surface area contributed by atoms with Crippen molar-refractivity contribution in [2.75, 3.05) is 0 Å². The molecule has 2 aromatic carbocycles. The van der Waals surface area contributed by atoms with Crippen molar-refractivity contribution in [2.24, 2.45) is 23.5 Å². The van der Waals surface area contributed by atoms with Gasteiger partial charge in [-0.25, -0.2) is 0 Å². The monoisotopic (exact) mass is 510 g/mol. The molecule has 3 aromatic rings. The van der Waals surface area contributed by atoms with Crippen molar-refractivity contribution in [3.63, 3.8) is 0 Å². The minimum absolute atomic E-state index is 0.388. The Labute approximate surface area is 221 Å². The molecule has 0 fully saturated rings. The first-order chi connectivity index (χ1) is 17.4. The Kier molecular flexibility index (Phi) is 13.6. The summed E-state index contributed by atoms with van der Waals surface area (Å²) in [4.78, 5) is 4.50. The van der Waals surface area contributed by atoms with E-state index in [1.54, 1.807) is 18.2 Å². The summed E-state index contributed by atoms with van der Waals surface area (Å²) in [7, 11) is 0. The van der Waals surface area contributed by atoms with Gasteiger partial charge in [0.15, 0.2) is 0 Å². The molecule has 0 spiro atoms. The van der Waals surface area contributed by atoms with Crippen molar-refractivity contribution in [3.8, 4) is 11.3 Å². The Bertz CT molecular complexity index is 1070. The Hall–Kier alpha value is -3.18. The normalized spacial score (nSPS) is 12.9. The number of hydrogen-bond acceptors (Lipinski definition) is 2. The molecule has 2 atom stereocenters. The molecule has 2 nitrogen and oxygen atoms in total. The van der Waals surface area contributed by atoms with Gasteiger partial charge in [-0.1, -0.05) is 101 Å². The largest absolute Gasteiger partial charge is 0.416 e. The molecule has 0 bridgehead atoms. The minimum atomic E-state index is -4.34. The van der Waals surface area contributed by atoms with Crippen molar-refractivity contribution < 1.29 is 13.2 Å². The minimum Gasteiger partial charge on any atom is -0.319 e. The smallest absolute Gasteiger partial charge is 0.319 e. The van der Waals surface area contributed by atoms with Crippen molar-refractivity contribution in [1.29, 1.82) is 0 Å².